The Balaban J connectivity index is 1.61. The van der Waals surface area contributed by atoms with Crippen LogP contribution in [0.15, 0.2) is 24.3 Å². The summed E-state index contributed by atoms with van der Waals surface area (Å²) in [4.78, 5) is 60.8. The van der Waals surface area contributed by atoms with Gasteiger partial charge >= 0.3 is 12.1 Å². The van der Waals surface area contributed by atoms with Crippen molar-refractivity contribution in [3.05, 3.63) is 34.9 Å². The lowest BCUT2D eigenvalue weighted by molar-refractivity contribution is -0.310. The van der Waals surface area contributed by atoms with E-state index in [9.17, 15) is 49.5 Å². The van der Waals surface area contributed by atoms with Gasteiger partial charge in [0.2, 0.25) is 17.7 Å². The number of halogens is 1. The van der Waals surface area contributed by atoms with Gasteiger partial charge in [-0.25, -0.2) is 9.59 Å². The molecule has 1 heterocycles. The predicted molar refractivity (Wildman–Crippen MR) is 225 cm³/mol. The van der Waals surface area contributed by atoms with E-state index in [4.69, 9.17) is 44.8 Å². The molecular formula is C41H67ClN4O17. The fourth-order valence-electron chi connectivity index (χ4n) is 5.99. The van der Waals surface area contributed by atoms with Crippen molar-refractivity contribution in [3.8, 4) is 0 Å². The molecule has 0 radical (unpaired) electrons. The van der Waals surface area contributed by atoms with Gasteiger partial charge in [0.1, 0.15) is 24.4 Å². The number of aliphatic hydroxyl groups excluding tert-OH is 4. The van der Waals surface area contributed by atoms with E-state index in [1.54, 1.807) is 45.0 Å². The molecule has 1 fully saturated rings. The molecule has 360 valence electrons. The van der Waals surface area contributed by atoms with Crippen molar-refractivity contribution >= 4 is 41.4 Å². The summed E-state index contributed by atoms with van der Waals surface area (Å²) in [5.74, 6) is -5.72. The first-order chi connectivity index (χ1) is 30.0. The van der Waals surface area contributed by atoms with Gasteiger partial charge in [-0.1, -0.05) is 36.6 Å². The number of carbonyl (C=O) groups excluding carboxylic acids is 4. The molecule has 1 aliphatic rings. The minimum absolute atomic E-state index is 0.0657. The molecule has 0 saturated carbocycles. The summed E-state index contributed by atoms with van der Waals surface area (Å²) in [7, 11) is 0. The number of amides is 4. The smallest absolute Gasteiger partial charge is 0.407 e. The van der Waals surface area contributed by atoms with Gasteiger partial charge in [-0.2, -0.15) is 0 Å². The molecule has 6 atom stereocenters. The van der Waals surface area contributed by atoms with Crippen molar-refractivity contribution in [1.82, 2.24) is 21.3 Å². The number of ether oxygens (including phenoxy) is 7. The average Bonchev–Trinajstić information content (AvgIpc) is 3.22. The molecule has 21 nitrogen and oxygen atoms in total. The number of unbranched alkanes of at least 4 members (excludes halogenated alkanes) is 3. The second-order valence-corrected chi connectivity index (χ2v) is 16.0. The number of carbonyl (C=O) groups is 5. The SMILES string of the molecule is CC(C)(C)OC(=O)NCCOCCOCCOCCOCCNC(=O)CCCCCCO[C@]1(C(=O)O)C[C@H](O)[C@@H](NC(=O)CO)[C@H]([C@H](O)[C@H](O)CNC(=O)Cc2ccc(Cl)cc2)O1. The highest BCUT2D eigenvalue weighted by atomic mass is 35.5. The van der Waals surface area contributed by atoms with Gasteiger partial charge in [0.15, 0.2) is 0 Å². The van der Waals surface area contributed by atoms with Gasteiger partial charge in [0.05, 0.1) is 84.1 Å². The Labute approximate surface area is 372 Å². The number of aliphatic carboxylic acids is 1. The molecule has 2 rings (SSSR count). The minimum atomic E-state index is -2.48. The molecule has 0 aliphatic carbocycles. The van der Waals surface area contributed by atoms with Crippen LogP contribution in [0.25, 0.3) is 0 Å². The zero-order chi connectivity index (χ0) is 46.7. The van der Waals surface area contributed by atoms with E-state index in [0.29, 0.717) is 102 Å². The number of benzene rings is 1. The quantitative estimate of drug-likeness (QED) is 0.0423. The Morgan fingerprint density at radius 2 is 1.37 bits per heavy atom. The number of rotatable bonds is 32. The van der Waals surface area contributed by atoms with Gasteiger partial charge in [-0.3, -0.25) is 14.4 Å². The standard InChI is InChI=1S/C41H67ClN4O17/c1-40(2,3)63-39(56)44-14-17-58-19-21-60-23-22-59-20-18-57-16-13-43-32(50)8-6-4-5-7-15-61-41(38(54)55)25-30(48)35(46-34(52)27-47)37(62-41)36(53)31(49)26-45-33(51)24-28-9-11-29(42)12-10-28/h9-12,30-31,35-37,47-49,53H,4-8,13-27H2,1-3H3,(H,43,50)(H,44,56)(H,45,51)(H,46,52)(H,54,55)/t30-,31+,35+,36+,37+,41+/m0/s1. The summed E-state index contributed by atoms with van der Waals surface area (Å²) < 4.78 is 38.2. The van der Waals surface area contributed by atoms with Crippen molar-refractivity contribution in [1.29, 1.82) is 0 Å². The third-order valence-corrected chi connectivity index (χ3v) is 9.37. The van der Waals surface area contributed by atoms with Crippen molar-refractivity contribution in [2.45, 2.75) is 108 Å². The summed E-state index contributed by atoms with van der Waals surface area (Å²) in [6, 6.07) is 5.03. The van der Waals surface area contributed by atoms with Crippen LogP contribution >= 0.6 is 11.6 Å². The minimum Gasteiger partial charge on any atom is -0.477 e. The van der Waals surface area contributed by atoms with Crippen LogP contribution in [0.4, 0.5) is 4.79 Å². The van der Waals surface area contributed by atoms with Crippen LogP contribution in [0.5, 0.6) is 0 Å². The zero-order valence-electron chi connectivity index (χ0n) is 36.4. The monoisotopic (exact) mass is 922 g/mol. The largest absolute Gasteiger partial charge is 0.477 e. The zero-order valence-corrected chi connectivity index (χ0v) is 37.1. The summed E-state index contributed by atoms with van der Waals surface area (Å²) >= 11 is 5.88. The molecule has 0 spiro atoms. The number of aliphatic hydroxyl groups is 4. The van der Waals surface area contributed by atoms with E-state index in [0.717, 1.165) is 0 Å². The van der Waals surface area contributed by atoms with E-state index in [1.807, 2.05) is 0 Å². The van der Waals surface area contributed by atoms with Gasteiger partial charge in [-0.05, 0) is 51.3 Å². The second kappa shape index (κ2) is 30.4. The van der Waals surface area contributed by atoms with E-state index >= 15 is 0 Å². The number of carboxylic acids is 1. The molecule has 0 aromatic heterocycles. The summed E-state index contributed by atoms with van der Waals surface area (Å²) in [6.45, 7) is 7.24. The molecule has 9 N–H and O–H groups in total. The summed E-state index contributed by atoms with van der Waals surface area (Å²) in [5.41, 5.74) is 0.0762. The normalized spacial score (nSPS) is 19.7. The maximum absolute atomic E-state index is 12.5. The molecule has 0 unspecified atom stereocenters. The van der Waals surface area contributed by atoms with Crippen LogP contribution in [0.3, 0.4) is 0 Å². The maximum atomic E-state index is 12.5. The van der Waals surface area contributed by atoms with Crippen molar-refractivity contribution in [2.75, 3.05) is 85.7 Å². The molecule has 1 aromatic rings. The Bertz CT molecular complexity index is 1500. The fourth-order valence-corrected chi connectivity index (χ4v) is 6.11. The van der Waals surface area contributed by atoms with E-state index in [-0.39, 0.29) is 25.4 Å². The number of alkyl carbamates (subject to hydrolysis) is 1. The molecule has 4 amide bonds. The average molecular weight is 923 g/mol. The lowest BCUT2D eigenvalue weighted by atomic mass is 9.88. The maximum Gasteiger partial charge on any atom is 0.407 e. The van der Waals surface area contributed by atoms with Crippen LogP contribution < -0.4 is 21.3 Å². The fraction of sp³-hybridized carbons (Fsp3) is 0.732. The summed E-state index contributed by atoms with van der Waals surface area (Å²) in [6.07, 6.45) is -6.00. The Morgan fingerprint density at radius 3 is 1.94 bits per heavy atom. The van der Waals surface area contributed by atoms with E-state index < -0.39 is 85.3 Å². The van der Waals surface area contributed by atoms with Crippen LogP contribution in [0.1, 0.15) is 64.9 Å². The predicted octanol–water partition coefficient (Wildman–Crippen LogP) is -0.197. The Kier molecular flexibility index (Phi) is 26.7. The number of carboxylic acid groups (broad SMARTS) is 1. The molecular weight excluding hydrogens is 856 g/mol. The first-order valence-corrected chi connectivity index (χ1v) is 21.4. The molecule has 1 aromatic carbocycles. The number of hydrogen-bond acceptors (Lipinski definition) is 16. The Hall–Kier alpha value is -3.74. The molecule has 22 heteroatoms. The highest BCUT2D eigenvalue weighted by molar-refractivity contribution is 6.30. The number of hydrogen-bond donors (Lipinski definition) is 9. The molecule has 1 aliphatic heterocycles. The molecule has 1 saturated heterocycles. The Morgan fingerprint density at radius 1 is 0.794 bits per heavy atom. The topological polar surface area (TPSA) is 299 Å². The van der Waals surface area contributed by atoms with Gasteiger partial charge < -0.3 is 80.0 Å². The van der Waals surface area contributed by atoms with Crippen LogP contribution in [0, 0.1) is 0 Å². The highest BCUT2D eigenvalue weighted by Crippen LogP contribution is 2.34. The third-order valence-electron chi connectivity index (χ3n) is 9.12. The van der Waals surface area contributed by atoms with Gasteiger partial charge in [-0.15, -0.1) is 0 Å². The van der Waals surface area contributed by atoms with Crippen LogP contribution in [0.2, 0.25) is 5.02 Å². The van der Waals surface area contributed by atoms with Crippen LogP contribution in [-0.2, 0) is 58.8 Å². The summed E-state index contributed by atoms with van der Waals surface area (Å²) in [5, 5.41) is 62.9. The molecule has 63 heavy (non-hydrogen) atoms. The number of nitrogens with one attached hydrogen (secondary N) is 4. The van der Waals surface area contributed by atoms with Crippen molar-refractivity contribution in [3.63, 3.8) is 0 Å². The lowest BCUT2D eigenvalue weighted by Crippen LogP contribution is -2.68. The first kappa shape index (κ1) is 55.4. The second-order valence-electron chi connectivity index (χ2n) is 15.6. The lowest BCUT2D eigenvalue weighted by Gasteiger charge is -2.46. The molecule has 0 bridgehead atoms. The van der Waals surface area contributed by atoms with Crippen LogP contribution in [-0.4, -0.2) is 183 Å². The van der Waals surface area contributed by atoms with Gasteiger partial charge in [0.25, 0.3) is 5.79 Å². The van der Waals surface area contributed by atoms with E-state index in [1.165, 1.54) is 0 Å². The van der Waals surface area contributed by atoms with Gasteiger partial charge in [0, 0.05) is 37.5 Å². The van der Waals surface area contributed by atoms with Crippen molar-refractivity contribution in [2.24, 2.45) is 0 Å². The van der Waals surface area contributed by atoms with Crippen molar-refractivity contribution < 1.29 is 82.7 Å². The van der Waals surface area contributed by atoms with E-state index in [2.05, 4.69) is 21.3 Å². The third kappa shape index (κ3) is 23.7. The first-order valence-electron chi connectivity index (χ1n) is 21.0. The highest BCUT2D eigenvalue weighted by Gasteiger charge is 2.55.